The number of piperazine rings is 1. The van der Waals surface area contributed by atoms with Gasteiger partial charge in [0.25, 0.3) is 5.91 Å². The second kappa shape index (κ2) is 17.9. The molecule has 0 spiro atoms. The molecule has 3 amide bonds. The van der Waals surface area contributed by atoms with E-state index in [1.807, 2.05) is 62.3 Å². The predicted octanol–water partition coefficient (Wildman–Crippen LogP) is 6.81. The lowest BCUT2D eigenvalue weighted by molar-refractivity contribution is -0.121. The van der Waals surface area contributed by atoms with Gasteiger partial charge in [0.15, 0.2) is 0 Å². The summed E-state index contributed by atoms with van der Waals surface area (Å²) < 4.78 is 39.2. The van der Waals surface area contributed by atoms with Gasteiger partial charge in [-0.25, -0.2) is 12.9 Å². The lowest BCUT2D eigenvalue weighted by Crippen LogP contribution is -2.47. The fraction of sp³-hybridized carbons (Fsp3) is 0.444. The van der Waals surface area contributed by atoms with E-state index in [0.717, 1.165) is 71.9 Å². The molecule has 1 unspecified atom stereocenters. The third-order valence-corrected chi connectivity index (χ3v) is 13.2. The number of ether oxygens (including phenoxy) is 1. The summed E-state index contributed by atoms with van der Waals surface area (Å²) in [4.78, 5) is 43.6. The van der Waals surface area contributed by atoms with E-state index in [2.05, 4.69) is 15.5 Å². The summed E-state index contributed by atoms with van der Waals surface area (Å²) in [6.45, 7) is 4.48. The second-order valence-corrected chi connectivity index (χ2v) is 17.2. The van der Waals surface area contributed by atoms with Gasteiger partial charge in [-0.15, -0.1) is 0 Å². The van der Waals surface area contributed by atoms with E-state index >= 15 is 4.39 Å². The van der Waals surface area contributed by atoms with Crippen molar-refractivity contribution < 1.29 is 27.7 Å². The second-order valence-electron chi connectivity index (χ2n) is 15.8. The van der Waals surface area contributed by atoms with Crippen molar-refractivity contribution in [1.82, 2.24) is 19.5 Å². The number of aromatic nitrogens is 1. The fourth-order valence-electron chi connectivity index (χ4n) is 9.09. The first-order valence-corrected chi connectivity index (χ1v) is 22.3. The highest BCUT2D eigenvalue weighted by atomic mass is 32.2. The summed E-state index contributed by atoms with van der Waals surface area (Å²) in [5.41, 5.74) is 5.97. The number of amides is 3. The van der Waals surface area contributed by atoms with Crippen molar-refractivity contribution in [3.05, 3.63) is 89.3 Å². The van der Waals surface area contributed by atoms with Gasteiger partial charge in [-0.2, -0.15) is 0 Å². The van der Waals surface area contributed by atoms with Gasteiger partial charge >= 0.3 is 0 Å². The highest BCUT2D eigenvalue weighted by Crippen LogP contribution is 2.45. The van der Waals surface area contributed by atoms with Crippen molar-refractivity contribution in [1.29, 1.82) is 0 Å². The third-order valence-electron chi connectivity index (χ3n) is 12.1. The molecule has 11 nitrogen and oxygen atoms in total. The van der Waals surface area contributed by atoms with Crippen molar-refractivity contribution >= 4 is 51.0 Å². The Balaban J connectivity index is 1.15. The first kappa shape index (κ1) is 39.8. The first-order valence-electron chi connectivity index (χ1n) is 20.8. The highest BCUT2D eigenvalue weighted by Gasteiger charge is 2.30. The van der Waals surface area contributed by atoms with Crippen LogP contribution in [-0.4, -0.2) is 82.9 Å². The van der Waals surface area contributed by atoms with E-state index in [1.165, 1.54) is 6.07 Å². The van der Waals surface area contributed by atoms with Crippen molar-refractivity contribution in [3.63, 3.8) is 0 Å². The Morgan fingerprint density at radius 2 is 1.62 bits per heavy atom. The van der Waals surface area contributed by atoms with Crippen molar-refractivity contribution in [2.45, 2.75) is 76.9 Å². The molecule has 1 aromatic heterocycles. The van der Waals surface area contributed by atoms with Gasteiger partial charge in [-0.1, -0.05) is 37.5 Å². The van der Waals surface area contributed by atoms with Crippen LogP contribution in [0.4, 0.5) is 15.8 Å². The lowest BCUT2D eigenvalue weighted by Gasteiger charge is -2.36. The van der Waals surface area contributed by atoms with Crippen LogP contribution in [0.2, 0.25) is 0 Å². The minimum absolute atomic E-state index is 0.0217. The molecule has 58 heavy (non-hydrogen) atoms. The number of benzene rings is 3. The Morgan fingerprint density at radius 3 is 2.34 bits per heavy atom. The molecule has 4 aliphatic rings. The van der Waals surface area contributed by atoms with Crippen LogP contribution >= 0.6 is 0 Å². The molecule has 4 heterocycles. The summed E-state index contributed by atoms with van der Waals surface area (Å²) in [5.74, 6) is -0.193. The van der Waals surface area contributed by atoms with Crippen LogP contribution in [0.3, 0.4) is 0 Å². The number of rotatable bonds is 8. The maximum absolute atomic E-state index is 16.9. The van der Waals surface area contributed by atoms with Gasteiger partial charge in [-0.05, 0) is 86.1 Å². The topological polar surface area (TPSA) is 116 Å². The number of nitrogens with zero attached hydrogens (tertiary/aromatic N) is 4. The van der Waals surface area contributed by atoms with Crippen molar-refractivity contribution in [2.75, 3.05) is 61.9 Å². The molecule has 3 aliphatic heterocycles. The molecular formula is C45H53FN6O5S. The van der Waals surface area contributed by atoms with E-state index in [0.29, 0.717) is 87.6 Å². The molecule has 0 radical (unpaired) electrons. The molecule has 306 valence electrons. The van der Waals surface area contributed by atoms with Crippen molar-refractivity contribution in [3.8, 4) is 17.0 Å². The average molecular weight is 809 g/mol. The van der Waals surface area contributed by atoms with Gasteiger partial charge in [-0.3, -0.25) is 14.4 Å². The summed E-state index contributed by atoms with van der Waals surface area (Å²) in [6.07, 6.45) is 13.7. The summed E-state index contributed by atoms with van der Waals surface area (Å²) in [7, 11) is -1.04. The van der Waals surface area contributed by atoms with E-state index in [-0.39, 0.29) is 36.8 Å². The van der Waals surface area contributed by atoms with Gasteiger partial charge in [0.2, 0.25) is 11.8 Å². The monoisotopic (exact) mass is 808 g/mol. The molecule has 4 aromatic rings. The van der Waals surface area contributed by atoms with Gasteiger partial charge < -0.3 is 29.7 Å². The largest absolute Gasteiger partial charge is 0.489 e. The number of anilines is 2. The normalized spacial score (nSPS) is 20.1. The Hall–Kier alpha value is -5.01. The zero-order chi connectivity index (χ0) is 40.2. The zero-order valence-electron chi connectivity index (χ0n) is 33.3. The molecule has 3 aromatic carbocycles. The van der Waals surface area contributed by atoms with Gasteiger partial charge in [0.1, 0.15) is 24.7 Å². The Labute approximate surface area is 342 Å². The molecule has 1 atom stereocenters. The molecular weight excluding hydrogens is 756 g/mol. The van der Waals surface area contributed by atoms with Gasteiger partial charge in [0.05, 0.1) is 22.2 Å². The van der Waals surface area contributed by atoms with Gasteiger partial charge in [0, 0.05) is 98.0 Å². The van der Waals surface area contributed by atoms with Crippen molar-refractivity contribution in [2.24, 2.45) is 0 Å². The molecule has 2 N–H and O–H groups in total. The molecule has 8 rings (SSSR count). The van der Waals surface area contributed by atoms with Crippen LogP contribution in [0.1, 0.15) is 85.2 Å². The number of carbonyl (C=O) groups is 3. The first-order chi connectivity index (χ1) is 28.2. The van der Waals surface area contributed by atoms with Crippen LogP contribution in [0, 0.1) is 5.82 Å². The predicted molar refractivity (Wildman–Crippen MR) is 227 cm³/mol. The number of hydrogen-bond acceptors (Lipinski definition) is 6. The van der Waals surface area contributed by atoms with E-state index in [9.17, 15) is 18.6 Å². The fourth-order valence-corrected chi connectivity index (χ4v) is 9.77. The highest BCUT2D eigenvalue weighted by molar-refractivity contribution is 7.81. The Morgan fingerprint density at radius 1 is 0.845 bits per heavy atom. The van der Waals surface area contributed by atoms with E-state index < -0.39 is 16.8 Å². The summed E-state index contributed by atoms with van der Waals surface area (Å²) in [5, 5.41) is 7.00. The average Bonchev–Trinajstić information content (AvgIpc) is 3.81. The number of nitrogens with one attached hydrogen (secondary N) is 2. The number of carbonyl (C=O) groups excluding carboxylic acids is 3. The Bertz CT molecular complexity index is 2240. The summed E-state index contributed by atoms with van der Waals surface area (Å²) >= 11 is 0. The number of halogens is 1. The number of hydrogen-bond donors (Lipinski definition) is 2. The minimum Gasteiger partial charge on any atom is -0.489 e. The van der Waals surface area contributed by atoms with Crippen LogP contribution in [0.15, 0.2) is 66.7 Å². The molecule has 1 aliphatic carbocycles. The molecule has 3 fully saturated rings. The Kier molecular flexibility index (Phi) is 12.3. The number of fused-ring (bicyclic) bond motifs is 1. The van der Waals surface area contributed by atoms with E-state index in [4.69, 9.17) is 4.74 Å². The van der Waals surface area contributed by atoms with Crippen LogP contribution in [0.25, 0.3) is 22.2 Å². The minimum atomic E-state index is -1.04. The maximum atomic E-state index is 16.9. The van der Waals surface area contributed by atoms with Crippen LogP contribution in [-0.2, 0) is 33.7 Å². The molecule has 2 bridgehead atoms. The maximum Gasteiger partial charge on any atom is 0.251 e. The summed E-state index contributed by atoms with van der Waals surface area (Å²) in [6, 6.07) is 16.6. The van der Waals surface area contributed by atoms with Crippen LogP contribution < -0.4 is 25.2 Å². The van der Waals surface area contributed by atoms with E-state index in [1.54, 1.807) is 18.4 Å². The molecule has 13 heteroatoms. The molecule has 1 saturated carbocycles. The van der Waals surface area contributed by atoms with Crippen LogP contribution in [0.5, 0.6) is 5.75 Å². The SMILES string of the molecule is CS(=O)N1CCN(c2ccc(N3CCCC3=O)cc2COc2ccc(-c3c(C4CCCCC4)c4ccc5cc4n3CC(=O)NCC/C=C\CCNC5=O)c(F)c2)CC1. The lowest BCUT2D eigenvalue weighted by atomic mass is 9.81. The standard InChI is InChI=1S/C45H53FN6O5S/c1-58(56)50-24-22-49(23-25-50)39-18-14-34(51-21-9-12-42(51)54)26-33(39)30-57-35-15-17-36(38(46)28-35)44-43(31-10-5-4-6-11-31)37-16-13-32-27-40(37)52(44)29-41(53)47-19-7-2-3-8-20-48-45(32)55/h2-3,13-18,26-28,31H,4-12,19-25,29-30H2,1H3,(H,47,53)(H,48,55)/b3-2-. The third kappa shape index (κ3) is 8.56. The quantitative estimate of drug-likeness (QED) is 0.189. The molecule has 2 saturated heterocycles. The smallest absolute Gasteiger partial charge is 0.251 e. The zero-order valence-corrected chi connectivity index (χ0v) is 34.1.